The lowest BCUT2D eigenvalue weighted by atomic mass is 9.93. The topological polar surface area (TPSA) is 217 Å². The Morgan fingerprint density at radius 1 is 0.970 bits per heavy atom. The van der Waals surface area contributed by atoms with Crippen molar-refractivity contribution in [2.45, 2.75) is 62.2 Å². The van der Waals surface area contributed by atoms with Crippen molar-refractivity contribution >= 4 is 79.1 Å². The molecule has 0 aliphatic carbocycles. The zero-order valence-electron chi connectivity index (χ0n) is 35.0. The van der Waals surface area contributed by atoms with Crippen molar-refractivity contribution in [3.63, 3.8) is 0 Å². The summed E-state index contributed by atoms with van der Waals surface area (Å²) in [6.45, 7) is 2.62. The van der Waals surface area contributed by atoms with Crippen molar-refractivity contribution in [2.75, 3.05) is 10.6 Å². The highest BCUT2D eigenvalue weighted by Gasteiger charge is 2.43. The van der Waals surface area contributed by atoms with Gasteiger partial charge in [0.25, 0.3) is 15.9 Å². The van der Waals surface area contributed by atoms with Crippen LogP contribution in [0.25, 0.3) is 11.1 Å². The first kappa shape index (κ1) is 45.7. The van der Waals surface area contributed by atoms with Crippen molar-refractivity contribution in [3.8, 4) is 28.7 Å². The van der Waals surface area contributed by atoms with Gasteiger partial charge < -0.3 is 30.5 Å². The van der Waals surface area contributed by atoms with Crippen molar-refractivity contribution in [1.82, 2.24) is 14.6 Å². The normalized spacial score (nSPS) is 16.1. The van der Waals surface area contributed by atoms with E-state index >= 15 is 0 Å². The number of carbonyl (C=O) groups is 4. The van der Waals surface area contributed by atoms with Gasteiger partial charge in [-0.15, -0.1) is 0 Å². The summed E-state index contributed by atoms with van der Waals surface area (Å²) in [6.07, 6.45) is -1.39. The van der Waals surface area contributed by atoms with Crippen LogP contribution in [-0.2, 0) is 55.2 Å². The number of aryl methyl sites for hydroxylation is 1. The predicted octanol–water partition coefficient (Wildman–Crippen LogP) is 7.83. The zero-order chi connectivity index (χ0) is 46.9. The molecule has 3 heterocycles. The fraction of sp³-hybridized carbons (Fsp3) is 0.191. The summed E-state index contributed by atoms with van der Waals surface area (Å²) in [5.41, 5.74) is 5.51. The number of anilines is 2. The second-order valence-corrected chi connectivity index (χ2v) is 19.4. The third kappa shape index (κ3) is 9.88. The number of carbonyl (C=O) groups excluding carboxylic acids is 3. The summed E-state index contributed by atoms with van der Waals surface area (Å²) in [6, 6.07) is 28.5. The number of halogens is 2. The molecular formula is C47H38Cl2N6O9S2. The fourth-order valence-electron chi connectivity index (χ4n) is 7.60. The Kier molecular flexibility index (Phi) is 13.1. The van der Waals surface area contributed by atoms with Gasteiger partial charge in [0.05, 0.1) is 33.1 Å². The number of nitriles is 1. The van der Waals surface area contributed by atoms with Crippen LogP contribution in [0.4, 0.5) is 10.8 Å². The number of ether oxygens (including phenoxy) is 2. The molecule has 0 spiro atoms. The molecule has 4 N–H and O–H groups in total. The summed E-state index contributed by atoms with van der Waals surface area (Å²) < 4.78 is 42.2. The van der Waals surface area contributed by atoms with Crippen LogP contribution in [0.1, 0.15) is 52.1 Å². The lowest BCUT2D eigenvalue weighted by Crippen LogP contribution is -2.55. The molecule has 0 saturated heterocycles. The standard InChI is InChI=1S/C47H38Cl2N6O9S2/c1-25-46(65-47(51-25)52-26(2)56)66(61,62)55-23-34-21-41-38(53-44(58)42(64-41)32-12-14-35(15-13-32)63-24-29-7-16-36(48)37(49)17-29)19-33(34)20-40(55)43(57)54-39(45(59)60)18-27-3-8-30(9-4-27)31-10-5-28(22-50)6-11-31/h3-17,19,21,39-40,42H,18,20,23-24H2,1-2H3,(H,53,58)(H,54,57)(H,59,60)(H,51,52,56)/t39-,40-,42?/m0/s1. The molecule has 1 unspecified atom stereocenters. The molecule has 8 rings (SSSR count). The lowest BCUT2D eigenvalue weighted by Gasteiger charge is -2.36. The number of aliphatic carboxylic acids is 1. The van der Waals surface area contributed by atoms with E-state index in [4.69, 9.17) is 37.9 Å². The summed E-state index contributed by atoms with van der Waals surface area (Å²) in [7, 11) is -4.53. The first-order valence-corrected chi connectivity index (χ1v) is 23.3. The average molecular weight is 966 g/mol. The number of nitrogens with zero attached hydrogens (tertiary/aromatic N) is 3. The molecular weight excluding hydrogens is 928 g/mol. The molecule has 19 heteroatoms. The number of hydrogen-bond acceptors (Lipinski definition) is 11. The monoisotopic (exact) mass is 964 g/mol. The van der Waals surface area contributed by atoms with Crippen LogP contribution in [0.15, 0.2) is 107 Å². The maximum atomic E-state index is 14.6. The molecule has 6 aromatic rings. The Labute approximate surface area is 393 Å². The smallest absolute Gasteiger partial charge is 0.326 e. The van der Waals surface area contributed by atoms with Crippen LogP contribution in [-0.4, -0.2) is 58.6 Å². The van der Waals surface area contributed by atoms with Crippen LogP contribution >= 0.6 is 34.5 Å². The van der Waals surface area contributed by atoms with Crippen molar-refractivity contribution in [1.29, 1.82) is 5.26 Å². The number of amides is 3. The van der Waals surface area contributed by atoms with E-state index in [9.17, 15) is 32.7 Å². The molecule has 0 radical (unpaired) electrons. The number of benzene rings is 5. The molecule has 66 heavy (non-hydrogen) atoms. The van der Waals surface area contributed by atoms with Gasteiger partial charge >= 0.3 is 5.97 Å². The highest BCUT2D eigenvalue weighted by atomic mass is 35.5. The molecule has 0 fully saturated rings. The third-order valence-electron chi connectivity index (χ3n) is 10.9. The first-order chi connectivity index (χ1) is 31.6. The molecule has 2 aliphatic rings. The van der Waals surface area contributed by atoms with E-state index in [1.807, 2.05) is 0 Å². The number of rotatable bonds is 13. The fourth-order valence-corrected chi connectivity index (χ4v) is 11.1. The van der Waals surface area contributed by atoms with Gasteiger partial charge in [0.1, 0.15) is 30.2 Å². The number of thiazole rings is 1. The van der Waals surface area contributed by atoms with E-state index in [0.717, 1.165) is 32.3 Å². The Morgan fingerprint density at radius 3 is 2.30 bits per heavy atom. The third-order valence-corrected chi connectivity index (χ3v) is 15.2. The minimum atomic E-state index is -4.53. The number of hydrogen-bond donors (Lipinski definition) is 4. The molecule has 336 valence electrons. The minimum absolute atomic E-state index is 0.0449. The van der Waals surface area contributed by atoms with Crippen LogP contribution in [0.5, 0.6) is 11.5 Å². The average Bonchev–Trinajstić information content (AvgIpc) is 3.67. The van der Waals surface area contributed by atoms with E-state index in [-0.39, 0.29) is 46.8 Å². The SMILES string of the molecule is CC(=O)Nc1nc(C)c(S(=O)(=O)N2Cc3cc4c(cc3C[C@H]2C(=O)N[C@@H](Cc2ccc(-c3ccc(C#N)cc3)cc2)C(=O)O)NC(=O)C(c2ccc(OCc3ccc(Cl)c(Cl)c3)cc2)O4)s1. The van der Waals surface area contributed by atoms with E-state index in [1.54, 1.807) is 103 Å². The van der Waals surface area contributed by atoms with Gasteiger partial charge in [-0.1, -0.05) is 89.1 Å². The van der Waals surface area contributed by atoms with E-state index in [0.29, 0.717) is 49.3 Å². The number of carboxylic acid groups (broad SMARTS) is 1. The van der Waals surface area contributed by atoms with Gasteiger partial charge in [-0.3, -0.25) is 14.4 Å². The van der Waals surface area contributed by atoms with Gasteiger partial charge in [0, 0.05) is 25.5 Å². The van der Waals surface area contributed by atoms with Gasteiger partial charge in [-0.25, -0.2) is 18.2 Å². The number of carboxylic acids is 1. The zero-order valence-corrected chi connectivity index (χ0v) is 38.1. The van der Waals surface area contributed by atoms with E-state index in [2.05, 4.69) is 27.0 Å². The number of sulfonamides is 1. The minimum Gasteiger partial charge on any atom is -0.489 e. The molecule has 5 aromatic carbocycles. The maximum absolute atomic E-state index is 14.6. The summed E-state index contributed by atoms with van der Waals surface area (Å²) in [5, 5.41) is 28.3. The molecule has 0 bridgehead atoms. The van der Waals surface area contributed by atoms with Gasteiger partial charge in [-0.05, 0) is 95.3 Å². The highest BCUT2D eigenvalue weighted by Crippen LogP contribution is 2.42. The Bertz CT molecular complexity index is 3050. The molecule has 3 atom stereocenters. The van der Waals surface area contributed by atoms with E-state index in [1.165, 1.54) is 13.8 Å². The molecule has 3 amide bonds. The van der Waals surface area contributed by atoms with Gasteiger partial charge in [0.2, 0.25) is 17.9 Å². The molecule has 15 nitrogen and oxygen atoms in total. The Hall–Kier alpha value is -6.81. The Morgan fingerprint density at radius 2 is 1.65 bits per heavy atom. The molecule has 1 aromatic heterocycles. The second-order valence-electron chi connectivity index (χ2n) is 15.5. The highest BCUT2D eigenvalue weighted by molar-refractivity contribution is 7.91. The van der Waals surface area contributed by atoms with Crippen molar-refractivity contribution in [2.24, 2.45) is 0 Å². The van der Waals surface area contributed by atoms with Gasteiger partial charge in [-0.2, -0.15) is 9.57 Å². The van der Waals surface area contributed by atoms with Crippen molar-refractivity contribution < 1.29 is 42.2 Å². The van der Waals surface area contributed by atoms with Crippen LogP contribution in [0.2, 0.25) is 10.0 Å². The summed E-state index contributed by atoms with van der Waals surface area (Å²) in [4.78, 5) is 56.6. The number of fused-ring (bicyclic) bond motifs is 2. The maximum Gasteiger partial charge on any atom is 0.326 e. The Balaban J connectivity index is 1.04. The number of aromatic nitrogens is 1. The predicted molar refractivity (Wildman–Crippen MR) is 247 cm³/mol. The lowest BCUT2D eigenvalue weighted by molar-refractivity contribution is -0.142. The second kappa shape index (κ2) is 19.0. The van der Waals surface area contributed by atoms with Gasteiger partial charge in [0.15, 0.2) is 9.34 Å². The molecule has 0 saturated carbocycles. The summed E-state index contributed by atoms with van der Waals surface area (Å²) >= 11 is 12.9. The number of nitrogens with one attached hydrogen (secondary N) is 3. The molecule has 2 aliphatic heterocycles. The van der Waals surface area contributed by atoms with Crippen LogP contribution < -0.4 is 25.4 Å². The van der Waals surface area contributed by atoms with Crippen LogP contribution in [0.3, 0.4) is 0 Å². The van der Waals surface area contributed by atoms with Crippen LogP contribution in [0, 0.1) is 18.3 Å². The summed E-state index contributed by atoms with van der Waals surface area (Å²) in [5.74, 6) is -2.34. The largest absolute Gasteiger partial charge is 0.489 e. The van der Waals surface area contributed by atoms with Crippen molar-refractivity contribution in [3.05, 3.63) is 152 Å². The van der Waals surface area contributed by atoms with E-state index < -0.39 is 51.9 Å². The first-order valence-electron chi connectivity index (χ1n) is 20.3. The quantitative estimate of drug-likeness (QED) is 0.0874.